The highest BCUT2D eigenvalue weighted by atomic mass is 32.2. The Hall–Kier alpha value is -2.65. The third-order valence-electron chi connectivity index (χ3n) is 6.73. The smallest absolute Gasteiger partial charge is 0.277 e. The van der Waals surface area contributed by atoms with Gasteiger partial charge in [0.2, 0.25) is 5.89 Å². The molecule has 1 aromatic carbocycles. The van der Waals surface area contributed by atoms with E-state index in [0.717, 1.165) is 40.7 Å². The summed E-state index contributed by atoms with van der Waals surface area (Å²) in [5.41, 5.74) is 1.96. The number of carbonyl (C=O) groups excluding carboxylic acids is 1. The fraction of sp³-hybridized carbons (Fsp3) is 0.462. The number of ether oxygens (including phenoxy) is 1. The van der Waals surface area contributed by atoms with E-state index in [2.05, 4.69) is 10.2 Å². The normalized spacial score (nSPS) is 18.6. The predicted molar refractivity (Wildman–Crippen MR) is 138 cm³/mol. The third-order valence-corrected chi connectivity index (χ3v) is 8.45. The van der Waals surface area contributed by atoms with Gasteiger partial charge in [0.25, 0.3) is 11.1 Å². The van der Waals surface area contributed by atoms with Gasteiger partial charge in [-0.1, -0.05) is 62.1 Å². The summed E-state index contributed by atoms with van der Waals surface area (Å²) in [5, 5.41) is 17.2. The summed E-state index contributed by atoms with van der Waals surface area (Å²) in [6.45, 7) is 0. The molecule has 1 unspecified atom stereocenters. The van der Waals surface area contributed by atoms with Gasteiger partial charge in [-0.25, -0.2) is 5.01 Å². The Balaban J connectivity index is 1.22. The van der Waals surface area contributed by atoms with E-state index in [-0.39, 0.29) is 17.7 Å². The maximum atomic E-state index is 13.3. The highest BCUT2D eigenvalue weighted by Gasteiger charge is 2.33. The molecule has 184 valence electrons. The zero-order valence-electron chi connectivity index (χ0n) is 19.9. The molecule has 2 aliphatic rings. The minimum atomic E-state index is -0.153. The zero-order chi connectivity index (χ0) is 24.0. The van der Waals surface area contributed by atoms with Crippen molar-refractivity contribution in [2.75, 3.05) is 12.9 Å². The van der Waals surface area contributed by atoms with Crippen molar-refractivity contribution in [1.82, 2.24) is 15.2 Å². The van der Waals surface area contributed by atoms with Crippen LogP contribution >= 0.6 is 23.1 Å². The van der Waals surface area contributed by atoms with Gasteiger partial charge in [-0.05, 0) is 41.5 Å². The number of thiophene rings is 1. The molecule has 0 spiro atoms. The molecule has 35 heavy (non-hydrogen) atoms. The molecule has 3 heterocycles. The highest BCUT2D eigenvalue weighted by molar-refractivity contribution is 7.99. The third kappa shape index (κ3) is 5.95. The highest BCUT2D eigenvalue weighted by Crippen LogP contribution is 2.35. The molecule has 1 fully saturated rings. The SMILES string of the molecule is COc1ccc(C2CC(c3cccs3)=NN2C(=O)CSc2nnc(CCC3CCCCC3)o2)cc1. The van der Waals surface area contributed by atoms with E-state index < -0.39 is 0 Å². The lowest BCUT2D eigenvalue weighted by Gasteiger charge is -2.22. The number of hydrazone groups is 1. The van der Waals surface area contributed by atoms with Crippen molar-refractivity contribution < 1.29 is 13.9 Å². The number of nitrogens with zero attached hydrogens (tertiary/aromatic N) is 4. The van der Waals surface area contributed by atoms with Crippen molar-refractivity contribution in [2.24, 2.45) is 11.0 Å². The van der Waals surface area contributed by atoms with Gasteiger partial charge in [-0.15, -0.1) is 21.5 Å². The van der Waals surface area contributed by atoms with Crippen LogP contribution in [0.3, 0.4) is 0 Å². The number of methoxy groups -OCH3 is 1. The van der Waals surface area contributed by atoms with E-state index in [0.29, 0.717) is 17.5 Å². The number of hydrogen-bond acceptors (Lipinski definition) is 8. The fourth-order valence-corrected chi connectivity index (χ4v) is 6.16. The summed E-state index contributed by atoms with van der Waals surface area (Å²) in [6.07, 6.45) is 9.24. The fourth-order valence-electron chi connectivity index (χ4n) is 4.81. The molecule has 9 heteroatoms. The molecule has 3 aromatic rings. The van der Waals surface area contributed by atoms with Crippen LogP contribution in [0, 0.1) is 5.92 Å². The molecule has 1 aliphatic carbocycles. The summed E-state index contributed by atoms with van der Waals surface area (Å²) in [7, 11) is 1.65. The molecule has 0 bridgehead atoms. The maximum Gasteiger partial charge on any atom is 0.277 e. The first-order valence-electron chi connectivity index (χ1n) is 12.2. The second kappa shape index (κ2) is 11.4. The Morgan fingerprint density at radius 2 is 2.00 bits per heavy atom. The number of benzene rings is 1. The van der Waals surface area contributed by atoms with Gasteiger partial charge in [0.05, 0.1) is 29.5 Å². The molecule has 1 saturated carbocycles. The second-order valence-corrected chi connectivity index (χ2v) is 10.9. The van der Waals surface area contributed by atoms with Crippen molar-refractivity contribution in [2.45, 2.75) is 62.6 Å². The Kier molecular flexibility index (Phi) is 7.83. The number of aryl methyl sites for hydroxylation is 1. The van der Waals surface area contributed by atoms with Gasteiger partial charge in [-0.2, -0.15) is 5.10 Å². The Labute approximate surface area is 214 Å². The summed E-state index contributed by atoms with van der Waals surface area (Å²) in [4.78, 5) is 14.4. The standard InChI is InChI=1S/C26H30N4O3S2/c1-32-20-12-10-19(11-13-20)22-16-21(23-8-5-15-34-23)29-30(22)25(31)17-35-26-28-27-24(33-26)14-9-18-6-3-2-4-7-18/h5,8,10-13,15,18,22H,2-4,6-7,9,14,16-17H2,1H3. The van der Waals surface area contributed by atoms with Crippen molar-refractivity contribution in [3.63, 3.8) is 0 Å². The van der Waals surface area contributed by atoms with E-state index in [1.807, 2.05) is 41.8 Å². The monoisotopic (exact) mass is 510 g/mol. The average Bonchev–Trinajstić information content (AvgIpc) is 3.67. The largest absolute Gasteiger partial charge is 0.497 e. The molecule has 0 saturated heterocycles. The van der Waals surface area contributed by atoms with Crippen LogP contribution in [0.1, 0.15) is 67.3 Å². The predicted octanol–water partition coefficient (Wildman–Crippen LogP) is 6.12. The number of aromatic nitrogens is 2. The Morgan fingerprint density at radius 1 is 1.17 bits per heavy atom. The summed E-state index contributed by atoms with van der Waals surface area (Å²) in [6, 6.07) is 11.7. The van der Waals surface area contributed by atoms with Crippen LogP contribution in [0.2, 0.25) is 0 Å². The molecular weight excluding hydrogens is 480 g/mol. The van der Waals surface area contributed by atoms with Gasteiger partial charge >= 0.3 is 0 Å². The lowest BCUT2D eigenvalue weighted by Crippen LogP contribution is -2.28. The second-order valence-electron chi connectivity index (χ2n) is 9.05. The quantitative estimate of drug-likeness (QED) is 0.323. The summed E-state index contributed by atoms with van der Waals surface area (Å²) >= 11 is 2.92. The first-order chi connectivity index (χ1) is 17.2. The number of amides is 1. The summed E-state index contributed by atoms with van der Waals surface area (Å²) in [5.74, 6) is 2.34. The van der Waals surface area contributed by atoms with Crippen LogP contribution in [0.25, 0.3) is 0 Å². The number of hydrogen-bond donors (Lipinski definition) is 0. The van der Waals surface area contributed by atoms with E-state index >= 15 is 0 Å². The topological polar surface area (TPSA) is 80.8 Å². The van der Waals surface area contributed by atoms with Gasteiger partial charge in [0.1, 0.15) is 5.75 Å². The molecule has 1 atom stereocenters. The van der Waals surface area contributed by atoms with Gasteiger partial charge in [0.15, 0.2) is 0 Å². The zero-order valence-corrected chi connectivity index (χ0v) is 21.5. The Morgan fingerprint density at radius 3 is 2.74 bits per heavy atom. The maximum absolute atomic E-state index is 13.3. The van der Waals surface area contributed by atoms with Crippen LogP contribution in [-0.2, 0) is 11.2 Å². The van der Waals surface area contributed by atoms with Crippen molar-refractivity contribution in [3.05, 3.63) is 58.1 Å². The molecule has 1 amide bonds. The van der Waals surface area contributed by atoms with E-state index in [9.17, 15) is 4.79 Å². The van der Waals surface area contributed by atoms with E-state index in [1.165, 1.54) is 43.9 Å². The molecule has 7 nitrogen and oxygen atoms in total. The van der Waals surface area contributed by atoms with Crippen LogP contribution in [0.4, 0.5) is 0 Å². The average molecular weight is 511 g/mol. The van der Waals surface area contributed by atoms with Gasteiger partial charge < -0.3 is 9.15 Å². The molecular formula is C26H30N4O3S2. The minimum absolute atomic E-state index is 0.0793. The number of thioether (sulfide) groups is 1. The van der Waals surface area contributed by atoms with Crippen LogP contribution < -0.4 is 4.74 Å². The lowest BCUT2D eigenvalue weighted by molar-refractivity contribution is -0.130. The van der Waals surface area contributed by atoms with E-state index in [4.69, 9.17) is 14.3 Å². The van der Waals surface area contributed by atoms with Gasteiger partial charge in [-0.3, -0.25) is 4.79 Å². The first-order valence-corrected chi connectivity index (χ1v) is 14.1. The molecule has 1 aliphatic heterocycles. The first kappa shape index (κ1) is 24.1. The lowest BCUT2D eigenvalue weighted by atomic mass is 9.86. The number of rotatable bonds is 9. The van der Waals surface area contributed by atoms with Crippen LogP contribution in [0.5, 0.6) is 5.75 Å². The molecule has 0 N–H and O–H groups in total. The van der Waals surface area contributed by atoms with Crippen molar-refractivity contribution in [1.29, 1.82) is 0 Å². The summed E-state index contributed by atoms with van der Waals surface area (Å²) < 4.78 is 11.1. The van der Waals surface area contributed by atoms with Crippen LogP contribution in [-0.4, -0.2) is 39.7 Å². The molecule has 0 radical (unpaired) electrons. The minimum Gasteiger partial charge on any atom is -0.497 e. The Bertz CT molecular complexity index is 1140. The van der Waals surface area contributed by atoms with Gasteiger partial charge in [0, 0.05) is 12.8 Å². The molecule has 2 aromatic heterocycles. The van der Waals surface area contributed by atoms with Crippen molar-refractivity contribution in [3.8, 4) is 5.75 Å². The number of carbonyl (C=O) groups is 1. The molecule has 5 rings (SSSR count). The van der Waals surface area contributed by atoms with E-state index in [1.54, 1.807) is 23.5 Å². The van der Waals surface area contributed by atoms with Crippen LogP contribution in [0.15, 0.2) is 56.5 Å². The van der Waals surface area contributed by atoms with Crippen molar-refractivity contribution >= 4 is 34.7 Å².